The summed E-state index contributed by atoms with van der Waals surface area (Å²) in [6, 6.07) is 6.49. The van der Waals surface area contributed by atoms with Gasteiger partial charge in [0.05, 0.1) is 13.1 Å². The monoisotopic (exact) mass is 329 g/mol. The molecule has 2 amide bonds. The van der Waals surface area contributed by atoms with Gasteiger partial charge < -0.3 is 16.0 Å². The van der Waals surface area contributed by atoms with E-state index in [-0.39, 0.29) is 55.1 Å². The number of nitrogens with one attached hydrogen (secondary N) is 1. The molecule has 1 heterocycles. The van der Waals surface area contributed by atoms with Crippen LogP contribution in [0, 0.1) is 5.82 Å². The van der Waals surface area contributed by atoms with Gasteiger partial charge in [-0.3, -0.25) is 9.59 Å². The maximum absolute atomic E-state index is 12.9. The van der Waals surface area contributed by atoms with Crippen molar-refractivity contribution in [2.24, 2.45) is 5.73 Å². The molecule has 2 atom stereocenters. The summed E-state index contributed by atoms with van der Waals surface area (Å²) in [6.45, 7) is 2.41. The average Bonchev–Trinajstić information content (AvgIpc) is 2.87. The van der Waals surface area contributed by atoms with Crippen LogP contribution in [0.3, 0.4) is 0 Å². The highest BCUT2D eigenvalue weighted by atomic mass is 35.5. The van der Waals surface area contributed by atoms with E-state index in [2.05, 4.69) is 5.32 Å². The Kier molecular flexibility index (Phi) is 6.77. The average molecular weight is 330 g/mol. The molecule has 22 heavy (non-hydrogen) atoms. The summed E-state index contributed by atoms with van der Waals surface area (Å²) < 4.78 is 12.9. The molecule has 0 saturated carbocycles. The van der Waals surface area contributed by atoms with Crippen molar-refractivity contribution >= 4 is 24.2 Å². The van der Waals surface area contributed by atoms with Crippen LogP contribution in [0.4, 0.5) is 4.39 Å². The highest BCUT2D eigenvalue weighted by Crippen LogP contribution is 2.31. The van der Waals surface area contributed by atoms with Crippen molar-refractivity contribution in [2.75, 3.05) is 19.6 Å². The van der Waals surface area contributed by atoms with Gasteiger partial charge in [-0.25, -0.2) is 4.39 Å². The second-order valence-corrected chi connectivity index (χ2v) is 5.36. The molecule has 1 saturated heterocycles. The number of nitrogens with two attached hydrogens (primary N) is 1. The van der Waals surface area contributed by atoms with Crippen LogP contribution in [0.5, 0.6) is 0 Å². The third kappa shape index (κ3) is 4.42. The Morgan fingerprint density at radius 1 is 1.36 bits per heavy atom. The number of nitrogens with zero attached hydrogens (tertiary/aromatic N) is 1. The Morgan fingerprint density at radius 3 is 2.59 bits per heavy atom. The molecule has 3 N–H and O–H groups in total. The van der Waals surface area contributed by atoms with Gasteiger partial charge in [-0.2, -0.15) is 0 Å². The number of amides is 2. The first-order valence-corrected chi connectivity index (χ1v) is 7.03. The molecule has 122 valence electrons. The van der Waals surface area contributed by atoms with Crippen molar-refractivity contribution in [2.45, 2.75) is 25.3 Å². The lowest BCUT2D eigenvalue weighted by molar-refractivity contribution is -0.133. The fourth-order valence-corrected chi connectivity index (χ4v) is 2.70. The van der Waals surface area contributed by atoms with Gasteiger partial charge in [0.2, 0.25) is 11.8 Å². The number of hydrogen-bond acceptors (Lipinski definition) is 3. The number of rotatable bonds is 4. The first-order valence-electron chi connectivity index (χ1n) is 7.03. The van der Waals surface area contributed by atoms with Gasteiger partial charge in [0.25, 0.3) is 0 Å². The zero-order valence-corrected chi connectivity index (χ0v) is 13.2. The zero-order valence-electron chi connectivity index (χ0n) is 12.4. The molecule has 2 rings (SSSR count). The molecule has 7 heteroatoms. The summed E-state index contributed by atoms with van der Waals surface area (Å²) in [5, 5.41) is 2.49. The second-order valence-electron chi connectivity index (χ2n) is 5.36. The number of hydrogen-bond donors (Lipinski definition) is 2. The van der Waals surface area contributed by atoms with Crippen molar-refractivity contribution in [3.63, 3.8) is 0 Å². The quantitative estimate of drug-likeness (QED) is 0.866. The lowest BCUT2D eigenvalue weighted by Crippen LogP contribution is -2.43. The highest BCUT2D eigenvalue weighted by Gasteiger charge is 2.32. The van der Waals surface area contributed by atoms with Crippen molar-refractivity contribution < 1.29 is 14.0 Å². The summed E-state index contributed by atoms with van der Waals surface area (Å²) in [5.74, 6) is -0.517. The summed E-state index contributed by atoms with van der Waals surface area (Å²) in [4.78, 5) is 25.0. The van der Waals surface area contributed by atoms with Crippen molar-refractivity contribution in [3.05, 3.63) is 35.6 Å². The minimum atomic E-state index is -0.342. The van der Waals surface area contributed by atoms with Gasteiger partial charge in [0, 0.05) is 18.5 Å². The number of benzene rings is 1. The second kappa shape index (κ2) is 8.10. The van der Waals surface area contributed by atoms with E-state index in [9.17, 15) is 14.0 Å². The fraction of sp³-hybridized carbons (Fsp3) is 0.467. The van der Waals surface area contributed by atoms with E-state index in [0.29, 0.717) is 6.54 Å². The van der Waals surface area contributed by atoms with E-state index >= 15 is 0 Å². The fourth-order valence-electron chi connectivity index (χ4n) is 2.70. The van der Waals surface area contributed by atoms with Gasteiger partial charge in [-0.05, 0) is 31.0 Å². The topological polar surface area (TPSA) is 75.4 Å². The standard InChI is InChI=1S/C15H20FN3O2.ClH/c1-10-6-12(11-2-4-13(16)5-3-11)9-19(10)15(21)8-18-14(20)7-17;/h2-5,10,12H,6-9,17H2,1H3,(H,18,20);1H. The molecular weight excluding hydrogens is 309 g/mol. The summed E-state index contributed by atoms with van der Waals surface area (Å²) in [7, 11) is 0. The van der Waals surface area contributed by atoms with Gasteiger partial charge in [-0.15, -0.1) is 12.4 Å². The van der Waals surface area contributed by atoms with E-state index < -0.39 is 0 Å². The lowest BCUT2D eigenvalue weighted by atomic mass is 9.97. The van der Waals surface area contributed by atoms with Crippen LogP contribution in [0.25, 0.3) is 0 Å². The van der Waals surface area contributed by atoms with E-state index in [1.165, 1.54) is 12.1 Å². The van der Waals surface area contributed by atoms with Crippen LogP contribution in [0.15, 0.2) is 24.3 Å². The summed E-state index contributed by atoms with van der Waals surface area (Å²) in [5.41, 5.74) is 6.21. The van der Waals surface area contributed by atoms with Crippen molar-refractivity contribution in [3.8, 4) is 0 Å². The first-order chi connectivity index (χ1) is 10.0. The van der Waals surface area contributed by atoms with Crippen LogP contribution < -0.4 is 11.1 Å². The highest BCUT2D eigenvalue weighted by molar-refractivity contribution is 5.86. The molecule has 5 nitrogen and oxygen atoms in total. The Balaban J connectivity index is 0.00000242. The Hall–Kier alpha value is -1.66. The van der Waals surface area contributed by atoms with Crippen molar-refractivity contribution in [1.82, 2.24) is 10.2 Å². The minimum Gasteiger partial charge on any atom is -0.346 e. The molecule has 0 aliphatic carbocycles. The third-order valence-corrected chi connectivity index (χ3v) is 3.86. The lowest BCUT2D eigenvalue weighted by Gasteiger charge is -2.21. The third-order valence-electron chi connectivity index (χ3n) is 3.86. The maximum Gasteiger partial charge on any atom is 0.242 e. The Morgan fingerprint density at radius 2 is 2.00 bits per heavy atom. The molecule has 1 aromatic carbocycles. The van der Waals surface area contributed by atoms with Crippen LogP contribution in [-0.4, -0.2) is 42.4 Å². The van der Waals surface area contributed by atoms with Crippen LogP contribution in [-0.2, 0) is 9.59 Å². The Labute approximate surface area is 135 Å². The Bertz CT molecular complexity index is 524. The van der Waals surface area contributed by atoms with Crippen LogP contribution in [0.1, 0.15) is 24.8 Å². The SMILES string of the molecule is CC1CC(c2ccc(F)cc2)CN1C(=O)CNC(=O)CN.Cl. The molecule has 1 aliphatic heterocycles. The molecule has 0 spiro atoms. The predicted molar refractivity (Wildman–Crippen MR) is 84.2 cm³/mol. The zero-order chi connectivity index (χ0) is 15.4. The largest absolute Gasteiger partial charge is 0.346 e. The molecule has 2 unspecified atom stereocenters. The molecule has 0 bridgehead atoms. The predicted octanol–water partition coefficient (Wildman–Crippen LogP) is 1.03. The number of carbonyl (C=O) groups excluding carboxylic acids is 2. The van der Waals surface area contributed by atoms with Gasteiger partial charge in [0.15, 0.2) is 0 Å². The molecule has 1 aliphatic rings. The van der Waals surface area contributed by atoms with Gasteiger partial charge >= 0.3 is 0 Å². The van der Waals surface area contributed by atoms with E-state index in [0.717, 1.165) is 12.0 Å². The van der Waals surface area contributed by atoms with E-state index in [4.69, 9.17) is 5.73 Å². The summed E-state index contributed by atoms with van der Waals surface area (Å²) in [6.07, 6.45) is 0.836. The van der Waals surface area contributed by atoms with Gasteiger partial charge in [0.1, 0.15) is 5.82 Å². The molecular formula is C15H21ClFN3O2. The molecule has 1 aromatic rings. The number of halogens is 2. The molecule has 1 fully saturated rings. The van der Waals surface area contributed by atoms with Gasteiger partial charge in [-0.1, -0.05) is 12.1 Å². The number of likely N-dealkylation sites (tertiary alicyclic amines) is 1. The number of carbonyl (C=O) groups is 2. The van der Waals surface area contributed by atoms with Crippen molar-refractivity contribution in [1.29, 1.82) is 0 Å². The van der Waals surface area contributed by atoms with Crippen LogP contribution in [0.2, 0.25) is 0 Å². The first kappa shape index (κ1) is 18.4. The van der Waals surface area contributed by atoms with E-state index in [1.54, 1.807) is 17.0 Å². The summed E-state index contributed by atoms with van der Waals surface area (Å²) >= 11 is 0. The van der Waals surface area contributed by atoms with E-state index in [1.807, 2.05) is 6.92 Å². The maximum atomic E-state index is 12.9. The molecule has 0 aromatic heterocycles. The minimum absolute atomic E-state index is 0. The van der Waals surface area contributed by atoms with Crippen LogP contribution >= 0.6 is 12.4 Å². The normalized spacial score (nSPS) is 20.4. The smallest absolute Gasteiger partial charge is 0.242 e. The molecule has 0 radical (unpaired) electrons.